The van der Waals surface area contributed by atoms with Crippen molar-refractivity contribution >= 4 is 29.2 Å². The van der Waals surface area contributed by atoms with Crippen molar-refractivity contribution in [3.63, 3.8) is 0 Å². The minimum Gasteiger partial charge on any atom is -0.907 e. The quantitative estimate of drug-likeness (QED) is 0.319. The fourth-order valence-electron chi connectivity index (χ4n) is 0.774. The Morgan fingerprint density at radius 2 is 1.63 bits per heavy atom. The van der Waals surface area contributed by atoms with E-state index >= 15 is 0 Å². The van der Waals surface area contributed by atoms with Gasteiger partial charge in [0.05, 0.1) is 0 Å². The molecule has 0 radical (unpaired) electrons. The number of aromatic hydroxyl groups is 1. The summed E-state index contributed by atoms with van der Waals surface area (Å²) in [7, 11) is -2.92. The molecule has 0 amide bonds. The zero-order valence-electron chi connectivity index (χ0n) is 11.0. The van der Waals surface area contributed by atoms with E-state index in [0.29, 0.717) is 0 Å². The van der Waals surface area contributed by atoms with E-state index in [2.05, 4.69) is 20.7 Å². The van der Waals surface area contributed by atoms with Gasteiger partial charge in [-0.25, -0.2) is 4.79 Å². The third kappa shape index (κ3) is 16.1. The Morgan fingerprint density at radius 3 is 2.00 bits per heavy atom. The van der Waals surface area contributed by atoms with Gasteiger partial charge >= 0.3 is 94.6 Å². The van der Waals surface area contributed by atoms with E-state index in [1.807, 2.05) is 0 Å². The van der Waals surface area contributed by atoms with Crippen molar-refractivity contribution in [3.8, 4) is 5.75 Å². The molecule has 0 heterocycles. The van der Waals surface area contributed by atoms with Crippen LogP contribution in [-0.2, 0) is 4.74 Å². The first-order chi connectivity index (χ1) is 7.49. The van der Waals surface area contributed by atoms with Crippen molar-refractivity contribution in [1.82, 2.24) is 0 Å². The second kappa shape index (κ2) is 18.0. The van der Waals surface area contributed by atoms with Gasteiger partial charge in [-0.05, 0) is 28.1 Å². The van der Waals surface area contributed by atoms with Gasteiger partial charge in [-0.2, -0.15) is 0 Å². The van der Waals surface area contributed by atoms with Gasteiger partial charge in [0.2, 0.25) is 0 Å². The first-order valence-corrected chi connectivity index (χ1v) is 5.09. The number of halogens is 1. The van der Waals surface area contributed by atoms with Crippen molar-refractivity contribution in [1.29, 1.82) is 0 Å². The molecule has 1 aromatic carbocycles. The largest absolute Gasteiger partial charge is 1.00 e. The first-order valence-electron chi connectivity index (χ1n) is 3.97. The van der Waals surface area contributed by atoms with Crippen LogP contribution in [0.4, 0.5) is 0 Å². The number of benzene rings is 1. The van der Waals surface area contributed by atoms with Gasteiger partial charge in [0.15, 0.2) is 0 Å². The molecular weight excluding hydrogens is 352 g/mol. The summed E-state index contributed by atoms with van der Waals surface area (Å²) in [6, 6.07) is 6.23. The zero-order chi connectivity index (χ0) is 12.6. The molecule has 88 valence electrons. The number of rotatable bonds is 2. The average molecular weight is 359 g/mol. The molecule has 0 saturated heterocycles. The predicted octanol–water partition coefficient (Wildman–Crippen LogP) is -11.0. The van der Waals surface area contributed by atoms with Gasteiger partial charge in [-0.3, -0.25) is 7.32 Å². The summed E-state index contributed by atoms with van der Waals surface area (Å²) in [5.41, 5.74) is 0.303. The number of hydrogen-bond donors (Lipinski definition) is 1. The minimum absolute atomic E-state index is 0. The smallest absolute Gasteiger partial charge is 0.907 e. The van der Waals surface area contributed by atoms with Crippen molar-refractivity contribution in [2.24, 2.45) is 0 Å². The van der Waals surface area contributed by atoms with E-state index in [1.165, 1.54) is 12.1 Å². The molecular formula is C8H7BBrNa3O6. The minimum atomic E-state index is -2.92. The number of para-hydroxylation sites is 1. The van der Waals surface area contributed by atoms with E-state index in [0.717, 1.165) is 0 Å². The van der Waals surface area contributed by atoms with Crippen LogP contribution in [0.15, 0.2) is 24.3 Å². The Bertz CT molecular complexity index is 341. The Balaban J connectivity index is -0.000000144. The van der Waals surface area contributed by atoms with E-state index < -0.39 is 13.3 Å². The number of phenols is 1. The molecule has 0 aliphatic carbocycles. The molecule has 1 aromatic rings. The van der Waals surface area contributed by atoms with Crippen LogP contribution in [0, 0.1) is 0 Å². The van der Waals surface area contributed by atoms with Crippen molar-refractivity contribution < 1.29 is 118 Å². The third-order valence-corrected chi connectivity index (χ3v) is 1.54. The van der Waals surface area contributed by atoms with E-state index in [9.17, 15) is 9.90 Å². The normalized spacial score (nSPS) is 7.37. The summed E-state index contributed by atoms with van der Waals surface area (Å²) >= 11 is 2.95. The standard InChI is InChI=1S/C8H7BrO3.BO3.3Na/c9-5-12-8(11)6-3-1-2-4-7(6)10;2-1(3)4;;;/h1-4,10H,5H2;;;;/q;-3;3*+1. The number of esters is 1. The summed E-state index contributed by atoms with van der Waals surface area (Å²) in [6.07, 6.45) is 0. The Morgan fingerprint density at radius 1 is 1.21 bits per heavy atom. The molecule has 0 unspecified atom stereocenters. The summed E-state index contributed by atoms with van der Waals surface area (Å²) in [5.74, 6) is -0.603. The summed E-state index contributed by atoms with van der Waals surface area (Å²) in [6.45, 7) is 0. The summed E-state index contributed by atoms with van der Waals surface area (Å²) < 4.78 is 4.63. The second-order valence-electron chi connectivity index (χ2n) is 2.35. The van der Waals surface area contributed by atoms with Crippen molar-refractivity contribution in [2.75, 3.05) is 5.52 Å². The van der Waals surface area contributed by atoms with Gasteiger partial charge in [-0.1, -0.05) is 12.1 Å². The molecule has 19 heavy (non-hydrogen) atoms. The van der Waals surface area contributed by atoms with Crippen LogP contribution in [0.25, 0.3) is 0 Å². The zero-order valence-corrected chi connectivity index (χ0v) is 18.5. The van der Waals surface area contributed by atoms with E-state index in [1.54, 1.807) is 12.1 Å². The van der Waals surface area contributed by atoms with Gasteiger partial charge in [-0.15, -0.1) is 0 Å². The van der Waals surface area contributed by atoms with Crippen LogP contribution in [-0.4, -0.2) is 23.9 Å². The fraction of sp³-hybridized carbons (Fsp3) is 0.125. The van der Waals surface area contributed by atoms with Crippen molar-refractivity contribution in [2.45, 2.75) is 0 Å². The Labute approximate surface area is 186 Å². The predicted molar refractivity (Wildman–Crippen MR) is 53.1 cm³/mol. The van der Waals surface area contributed by atoms with Crippen LogP contribution >= 0.6 is 15.9 Å². The number of carbonyl (C=O) groups excluding carboxylic acids is 1. The number of ether oxygens (including phenoxy) is 1. The van der Waals surface area contributed by atoms with Crippen LogP contribution in [0.3, 0.4) is 0 Å². The molecule has 0 atom stereocenters. The maximum atomic E-state index is 11.1. The summed E-state index contributed by atoms with van der Waals surface area (Å²) in [4.78, 5) is 11.1. The third-order valence-electron chi connectivity index (χ3n) is 1.31. The average Bonchev–Trinajstić information content (AvgIpc) is 2.17. The van der Waals surface area contributed by atoms with E-state index in [-0.39, 0.29) is 106 Å². The Kier molecular flexibility index (Phi) is 27.4. The molecule has 0 aromatic heterocycles. The number of hydrogen-bond acceptors (Lipinski definition) is 6. The molecule has 1 rings (SSSR count). The molecule has 11 heteroatoms. The van der Waals surface area contributed by atoms with Gasteiger partial charge in [0.25, 0.3) is 0 Å². The van der Waals surface area contributed by atoms with Gasteiger partial charge < -0.3 is 24.9 Å². The second-order valence-corrected chi connectivity index (χ2v) is 2.80. The maximum absolute atomic E-state index is 11.1. The van der Waals surface area contributed by atoms with Gasteiger partial charge in [0, 0.05) is 0 Å². The number of phenolic OH excluding ortho intramolecular Hbond substituents is 1. The van der Waals surface area contributed by atoms with Crippen molar-refractivity contribution in [3.05, 3.63) is 29.8 Å². The number of carbonyl (C=O) groups is 1. The molecule has 0 aliphatic rings. The monoisotopic (exact) mass is 358 g/mol. The van der Waals surface area contributed by atoms with Crippen LogP contribution in [0.2, 0.25) is 0 Å². The maximum Gasteiger partial charge on any atom is 1.00 e. The first kappa shape index (κ1) is 29.0. The molecule has 1 N–H and O–H groups in total. The molecule has 0 saturated carbocycles. The molecule has 0 aliphatic heterocycles. The van der Waals surface area contributed by atoms with Crippen LogP contribution in [0.5, 0.6) is 5.75 Å². The SMILES string of the molecule is O=C(OCBr)c1ccccc1O.[Na+].[Na+].[Na+].[O-]B([O-])[O-]. The molecule has 0 fully saturated rings. The molecule has 6 nitrogen and oxygen atoms in total. The van der Waals surface area contributed by atoms with Crippen LogP contribution < -0.4 is 104 Å². The topological polar surface area (TPSA) is 116 Å². The molecule has 0 spiro atoms. The van der Waals surface area contributed by atoms with E-state index in [4.69, 9.17) is 15.1 Å². The van der Waals surface area contributed by atoms with Crippen LogP contribution in [0.1, 0.15) is 10.4 Å². The number of alkyl halides is 1. The molecule has 0 bridgehead atoms. The summed E-state index contributed by atoms with van der Waals surface area (Å²) in [5, 5.41) is 34.4. The van der Waals surface area contributed by atoms with Gasteiger partial charge in [0.1, 0.15) is 16.8 Å². The fourth-order valence-corrected chi connectivity index (χ4v) is 0.981. The Hall–Kier alpha value is 1.91.